The smallest absolute Gasteiger partial charge is 0.310 e. The van der Waals surface area contributed by atoms with Crippen molar-refractivity contribution in [1.82, 2.24) is 4.90 Å². The van der Waals surface area contributed by atoms with Crippen LogP contribution < -0.4 is 0 Å². The van der Waals surface area contributed by atoms with Gasteiger partial charge in [-0.15, -0.1) is 0 Å². The van der Waals surface area contributed by atoms with E-state index in [1.165, 1.54) is 0 Å². The van der Waals surface area contributed by atoms with E-state index in [0.29, 0.717) is 19.0 Å². The quantitative estimate of drug-likeness (QED) is 0.873. The molecule has 0 bridgehead atoms. The number of carbonyl (C=O) groups is 1. The lowest BCUT2D eigenvalue weighted by Crippen LogP contribution is -2.37. The van der Waals surface area contributed by atoms with Crippen molar-refractivity contribution in [2.45, 2.75) is 32.7 Å². The molecule has 0 radical (unpaired) electrons. The summed E-state index contributed by atoms with van der Waals surface area (Å²) >= 11 is 0. The Morgan fingerprint density at radius 1 is 1.42 bits per heavy atom. The van der Waals surface area contributed by atoms with Crippen LogP contribution in [0.25, 0.3) is 0 Å². The molecular weight excluding hydrogens is 242 g/mol. The maximum atomic E-state index is 11.2. The van der Waals surface area contributed by atoms with Crippen molar-refractivity contribution < 1.29 is 15.0 Å². The molecule has 1 aliphatic rings. The van der Waals surface area contributed by atoms with Gasteiger partial charge in [-0.3, -0.25) is 9.69 Å². The first-order valence-corrected chi connectivity index (χ1v) is 6.66. The van der Waals surface area contributed by atoms with Gasteiger partial charge in [0, 0.05) is 12.6 Å². The predicted octanol–water partition coefficient (Wildman–Crippen LogP) is 2.12. The number of rotatable bonds is 4. The van der Waals surface area contributed by atoms with Crippen molar-refractivity contribution in [2.75, 3.05) is 13.1 Å². The molecule has 1 saturated heterocycles. The molecule has 104 valence electrons. The number of nitrogens with zero attached hydrogens (tertiary/aromatic N) is 1. The fourth-order valence-electron chi connectivity index (χ4n) is 2.65. The number of phenols is 1. The van der Waals surface area contributed by atoms with Crippen LogP contribution >= 0.6 is 0 Å². The van der Waals surface area contributed by atoms with Crippen LogP contribution in [0.2, 0.25) is 0 Å². The Hall–Kier alpha value is -1.55. The topological polar surface area (TPSA) is 60.8 Å². The lowest BCUT2D eigenvalue weighted by atomic mass is 9.90. The fraction of sp³-hybridized carbons (Fsp3) is 0.533. The van der Waals surface area contributed by atoms with Gasteiger partial charge >= 0.3 is 5.97 Å². The second kappa shape index (κ2) is 5.21. The van der Waals surface area contributed by atoms with Crippen LogP contribution in [0.15, 0.2) is 24.3 Å². The third kappa shape index (κ3) is 3.07. The summed E-state index contributed by atoms with van der Waals surface area (Å²) in [5.41, 5.74) is 0.553. The van der Waals surface area contributed by atoms with E-state index in [0.717, 1.165) is 18.5 Å². The molecule has 1 aliphatic heterocycles. The Morgan fingerprint density at radius 2 is 2.05 bits per heavy atom. The van der Waals surface area contributed by atoms with Gasteiger partial charge in [0.2, 0.25) is 0 Å². The van der Waals surface area contributed by atoms with E-state index >= 15 is 0 Å². The van der Waals surface area contributed by atoms with Crippen molar-refractivity contribution in [3.63, 3.8) is 0 Å². The van der Waals surface area contributed by atoms with Gasteiger partial charge in [-0.05, 0) is 50.9 Å². The number of carboxylic acids is 1. The minimum Gasteiger partial charge on any atom is -0.508 e. The van der Waals surface area contributed by atoms with E-state index < -0.39 is 11.4 Å². The minimum atomic E-state index is -0.702. The highest BCUT2D eigenvalue weighted by Crippen LogP contribution is 2.31. The second-order valence-electron chi connectivity index (χ2n) is 5.81. The summed E-state index contributed by atoms with van der Waals surface area (Å²) in [6.45, 7) is 5.40. The van der Waals surface area contributed by atoms with Crippen molar-refractivity contribution >= 4 is 5.97 Å². The van der Waals surface area contributed by atoms with Crippen molar-refractivity contribution in [1.29, 1.82) is 0 Å². The molecule has 0 aliphatic carbocycles. The summed E-state index contributed by atoms with van der Waals surface area (Å²) in [7, 11) is 0. The first kappa shape index (κ1) is 13.9. The van der Waals surface area contributed by atoms with E-state index in [-0.39, 0.29) is 5.75 Å². The third-order valence-electron chi connectivity index (χ3n) is 4.11. The van der Waals surface area contributed by atoms with Gasteiger partial charge in [0.25, 0.3) is 0 Å². The summed E-state index contributed by atoms with van der Waals surface area (Å²) in [6, 6.07) is 7.52. The number of phenolic OH excluding ortho intramolecular Hbond substituents is 1. The van der Waals surface area contributed by atoms with E-state index in [1.807, 2.05) is 19.1 Å². The van der Waals surface area contributed by atoms with Crippen LogP contribution in [0, 0.1) is 5.41 Å². The first-order valence-electron chi connectivity index (χ1n) is 6.66. The molecule has 2 N–H and O–H groups in total. The molecule has 1 heterocycles. The van der Waals surface area contributed by atoms with E-state index in [1.54, 1.807) is 12.1 Å². The van der Waals surface area contributed by atoms with Gasteiger partial charge < -0.3 is 10.2 Å². The van der Waals surface area contributed by atoms with E-state index in [9.17, 15) is 15.0 Å². The van der Waals surface area contributed by atoms with Crippen LogP contribution in [0.5, 0.6) is 5.75 Å². The van der Waals surface area contributed by atoms with Gasteiger partial charge in [0.15, 0.2) is 0 Å². The van der Waals surface area contributed by atoms with Crippen LogP contribution in [-0.2, 0) is 11.2 Å². The lowest BCUT2D eigenvalue weighted by molar-refractivity contribution is -0.147. The molecule has 1 fully saturated rings. The average Bonchev–Trinajstić information content (AvgIpc) is 2.76. The minimum absolute atomic E-state index is 0.274. The van der Waals surface area contributed by atoms with Crippen LogP contribution in [-0.4, -0.2) is 40.2 Å². The predicted molar refractivity (Wildman–Crippen MR) is 73.2 cm³/mol. The van der Waals surface area contributed by atoms with Crippen LogP contribution in [0.1, 0.15) is 25.8 Å². The van der Waals surface area contributed by atoms with Gasteiger partial charge in [0.05, 0.1) is 5.41 Å². The molecule has 2 rings (SSSR count). The molecule has 4 heteroatoms. The zero-order valence-corrected chi connectivity index (χ0v) is 11.5. The van der Waals surface area contributed by atoms with Crippen molar-refractivity contribution in [3.05, 3.63) is 29.8 Å². The Morgan fingerprint density at radius 3 is 2.58 bits per heavy atom. The number of benzene rings is 1. The fourth-order valence-corrected chi connectivity index (χ4v) is 2.65. The van der Waals surface area contributed by atoms with Gasteiger partial charge in [-0.25, -0.2) is 0 Å². The highest BCUT2D eigenvalue weighted by atomic mass is 16.4. The van der Waals surface area contributed by atoms with Gasteiger partial charge in [-0.2, -0.15) is 0 Å². The largest absolute Gasteiger partial charge is 0.508 e. The summed E-state index contributed by atoms with van der Waals surface area (Å²) in [4.78, 5) is 13.5. The van der Waals surface area contributed by atoms with Gasteiger partial charge in [0.1, 0.15) is 5.75 Å². The number of carboxylic acid groups (broad SMARTS) is 1. The monoisotopic (exact) mass is 263 g/mol. The van der Waals surface area contributed by atoms with E-state index in [2.05, 4.69) is 11.8 Å². The molecule has 1 aromatic rings. The Labute approximate surface area is 113 Å². The van der Waals surface area contributed by atoms with E-state index in [4.69, 9.17) is 0 Å². The lowest BCUT2D eigenvalue weighted by Gasteiger charge is -2.26. The summed E-state index contributed by atoms with van der Waals surface area (Å²) in [5, 5.41) is 18.5. The number of aliphatic carboxylic acids is 1. The number of hydrogen-bond donors (Lipinski definition) is 2. The molecule has 2 unspecified atom stereocenters. The molecule has 2 atom stereocenters. The molecule has 1 aromatic carbocycles. The highest BCUT2D eigenvalue weighted by Gasteiger charge is 2.41. The van der Waals surface area contributed by atoms with Crippen LogP contribution in [0.4, 0.5) is 0 Å². The molecule has 0 aromatic heterocycles. The molecule has 0 spiro atoms. The zero-order chi connectivity index (χ0) is 14.0. The Kier molecular flexibility index (Phi) is 3.80. The number of aromatic hydroxyl groups is 1. The maximum Gasteiger partial charge on any atom is 0.310 e. The first-order chi connectivity index (χ1) is 8.90. The summed E-state index contributed by atoms with van der Waals surface area (Å²) in [6.07, 6.45) is 1.58. The summed E-state index contributed by atoms with van der Waals surface area (Å²) < 4.78 is 0. The van der Waals surface area contributed by atoms with Crippen molar-refractivity contribution in [3.8, 4) is 5.75 Å². The average molecular weight is 263 g/mol. The third-order valence-corrected chi connectivity index (χ3v) is 4.11. The number of likely N-dealkylation sites (tertiary alicyclic amines) is 1. The molecule has 0 saturated carbocycles. The second-order valence-corrected chi connectivity index (χ2v) is 5.81. The maximum absolute atomic E-state index is 11.2. The Balaban J connectivity index is 1.96. The molecule has 4 nitrogen and oxygen atoms in total. The van der Waals surface area contributed by atoms with Crippen LogP contribution in [0.3, 0.4) is 0 Å². The standard InChI is InChI=1S/C15H21NO3/c1-11(9-12-3-5-13(17)6-4-12)16-8-7-15(2,10-16)14(18)19/h3-6,11,17H,7-10H2,1-2H3,(H,18,19). The van der Waals surface area contributed by atoms with Crippen molar-refractivity contribution in [2.24, 2.45) is 5.41 Å². The molecule has 0 amide bonds. The normalized spacial score (nSPS) is 25.4. The SMILES string of the molecule is CC(Cc1ccc(O)cc1)N1CCC(C)(C(=O)O)C1. The van der Waals surface area contributed by atoms with Gasteiger partial charge in [-0.1, -0.05) is 12.1 Å². The zero-order valence-electron chi connectivity index (χ0n) is 11.5. The Bertz CT molecular complexity index is 457. The highest BCUT2D eigenvalue weighted by molar-refractivity contribution is 5.74. The molecule has 19 heavy (non-hydrogen) atoms. The number of hydrogen-bond acceptors (Lipinski definition) is 3. The molecular formula is C15H21NO3. The summed E-state index contributed by atoms with van der Waals surface area (Å²) in [5.74, 6) is -0.428.